The van der Waals surface area contributed by atoms with Gasteiger partial charge in [-0.2, -0.15) is 4.98 Å². The lowest BCUT2D eigenvalue weighted by Gasteiger charge is -2.43. The molecule has 42 heavy (non-hydrogen) atoms. The van der Waals surface area contributed by atoms with Crippen molar-refractivity contribution in [3.05, 3.63) is 87.3 Å². The quantitative estimate of drug-likeness (QED) is 0.178. The van der Waals surface area contributed by atoms with Gasteiger partial charge in [-0.05, 0) is 66.0 Å². The average Bonchev–Trinajstić information content (AvgIpc) is 3.76. The van der Waals surface area contributed by atoms with E-state index in [2.05, 4.69) is 25.7 Å². The van der Waals surface area contributed by atoms with E-state index in [0.717, 1.165) is 45.1 Å². The van der Waals surface area contributed by atoms with Crippen molar-refractivity contribution in [3.8, 4) is 11.7 Å². The van der Waals surface area contributed by atoms with Gasteiger partial charge in [-0.1, -0.05) is 20.8 Å². The Labute approximate surface area is 245 Å². The summed E-state index contributed by atoms with van der Waals surface area (Å²) >= 11 is 1.57. The molecule has 0 N–H and O–H groups in total. The maximum absolute atomic E-state index is 13.5. The van der Waals surface area contributed by atoms with Gasteiger partial charge >= 0.3 is 0 Å². The van der Waals surface area contributed by atoms with Crippen molar-refractivity contribution in [2.75, 3.05) is 11.5 Å². The van der Waals surface area contributed by atoms with E-state index in [9.17, 15) is 9.59 Å². The number of Topliss-reactive ketones (excluding diaryl/α,β-unsaturated/α-hetero) is 2. The van der Waals surface area contributed by atoms with Crippen molar-refractivity contribution in [1.29, 1.82) is 0 Å². The summed E-state index contributed by atoms with van der Waals surface area (Å²) in [6, 6.07) is 7.36. The van der Waals surface area contributed by atoms with Crippen molar-refractivity contribution >= 4 is 45.1 Å². The molecule has 4 aromatic rings. The summed E-state index contributed by atoms with van der Waals surface area (Å²) in [6.45, 7) is 7.58. The normalized spacial score (nSPS) is 23.3. The Bertz CT molecular complexity index is 1880. The molecule has 3 aromatic heterocycles. The molecule has 6 heterocycles. The van der Waals surface area contributed by atoms with E-state index in [4.69, 9.17) is 23.3 Å². The molecule has 212 valence electrons. The SMILES string of the molecule is CCC(C(C)C)N1/C(=C/C=C2\C(=O)c3cc4c(cc3C2=O)COC=C4)C2(CCO2)c2sc3nc(-c4ccco4)oc3c21. The van der Waals surface area contributed by atoms with Gasteiger partial charge in [-0.25, -0.2) is 0 Å². The molecular formula is C33H28N2O6S. The number of furan rings is 1. The van der Waals surface area contributed by atoms with Gasteiger partial charge in [-0.15, -0.1) is 11.3 Å². The van der Waals surface area contributed by atoms with Crippen LogP contribution in [-0.2, 0) is 21.7 Å². The van der Waals surface area contributed by atoms with Gasteiger partial charge in [0.15, 0.2) is 27.7 Å². The molecule has 0 saturated carbocycles. The van der Waals surface area contributed by atoms with Gasteiger partial charge in [0.1, 0.15) is 17.9 Å². The third kappa shape index (κ3) is 3.41. The molecule has 3 aliphatic heterocycles. The minimum Gasteiger partial charge on any atom is -0.496 e. The number of ether oxygens (including phenoxy) is 2. The number of hydrogen-bond acceptors (Lipinski definition) is 9. The molecule has 2 atom stereocenters. The standard InChI is InChI=1S/C33H28N2O6S/c1-4-23(17(2)3)35-25(8-7-20-27(36)21-14-18-9-12-38-16-19(18)15-22(21)28(20)37)33(10-13-40-33)30-26(35)29-32(42-30)34-31(41-29)24-6-5-11-39-24/h5-9,11-12,14-15,17,23H,4,10,13,16H2,1-3H3/b20-7+,25-8+. The summed E-state index contributed by atoms with van der Waals surface area (Å²) in [6.07, 6.45) is 10.3. The first-order valence-electron chi connectivity index (χ1n) is 14.3. The largest absolute Gasteiger partial charge is 0.496 e. The van der Waals surface area contributed by atoms with Crippen LogP contribution in [0.3, 0.4) is 0 Å². The molecule has 9 heteroatoms. The number of thiophene rings is 1. The zero-order valence-electron chi connectivity index (χ0n) is 23.4. The Hall–Kier alpha value is -4.21. The zero-order valence-corrected chi connectivity index (χ0v) is 24.2. The van der Waals surface area contributed by atoms with Crippen LogP contribution in [0, 0.1) is 5.92 Å². The van der Waals surface area contributed by atoms with Crippen LogP contribution < -0.4 is 4.90 Å². The Balaban J connectivity index is 1.27. The smallest absolute Gasteiger partial charge is 0.264 e. The van der Waals surface area contributed by atoms with E-state index in [0.29, 0.717) is 47.5 Å². The lowest BCUT2D eigenvalue weighted by Crippen LogP contribution is -2.46. The lowest BCUT2D eigenvalue weighted by molar-refractivity contribution is -0.121. The Kier molecular flexibility index (Phi) is 5.55. The van der Waals surface area contributed by atoms with Gasteiger partial charge in [-0.3, -0.25) is 9.59 Å². The predicted molar refractivity (Wildman–Crippen MR) is 158 cm³/mol. The van der Waals surface area contributed by atoms with Crippen LogP contribution in [-0.4, -0.2) is 29.2 Å². The number of carbonyl (C=O) groups is 2. The first kappa shape index (κ1) is 25.5. The lowest BCUT2D eigenvalue weighted by atomic mass is 9.89. The zero-order chi connectivity index (χ0) is 28.7. The van der Waals surface area contributed by atoms with Gasteiger partial charge in [0, 0.05) is 23.6 Å². The number of allylic oxidation sites excluding steroid dienone is 3. The predicted octanol–water partition coefficient (Wildman–Crippen LogP) is 7.41. The molecule has 0 amide bonds. The number of nitrogens with zero attached hydrogens (tertiary/aromatic N) is 2. The average molecular weight is 581 g/mol. The number of rotatable bonds is 5. The number of aromatic nitrogens is 1. The minimum atomic E-state index is -0.674. The molecule has 1 saturated heterocycles. The highest BCUT2D eigenvalue weighted by atomic mass is 32.1. The maximum Gasteiger partial charge on any atom is 0.264 e. The molecule has 1 aromatic carbocycles. The highest BCUT2D eigenvalue weighted by Crippen LogP contribution is 2.61. The van der Waals surface area contributed by atoms with Crippen LogP contribution in [0.25, 0.3) is 28.1 Å². The molecule has 8 rings (SSSR count). The fourth-order valence-electron chi connectivity index (χ4n) is 6.68. The number of hydrogen-bond donors (Lipinski definition) is 0. The molecule has 1 spiro atoms. The second-order valence-corrected chi connectivity index (χ2v) is 12.4. The van der Waals surface area contributed by atoms with E-state index in [1.807, 2.05) is 24.3 Å². The molecule has 8 nitrogen and oxygen atoms in total. The van der Waals surface area contributed by atoms with Gasteiger partial charge in [0.25, 0.3) is 5.89 Å². The van der Waals surface area contributed by atoms with Crippen LogP contribution in [0.2, 0.25) is 0 Å². The summed E-state index contributed by atoms with van der Waals surface area (Å²) in [5, 5.41) is 0. The van der Waals surface area contributed by atoms with Crippen molar-refractivity contribution in [2.45, 2.75) is 51.9 Å². The monoisotopic (exact) mass is 580 g/mol. The molecule has 0 radical (unpaired) electrons. The first-order valence-corrected chi connectivity index (χ1v) is 15.1. The van der Waals surface area contributed by atoms with Crippen molar-refractivity contribution in [3.63, 3.8) is 0 Å². The second kappa shape index (κ2) is 9.14. The van der Waals surface area contributed by atoms with Crippen molar-refractivity contribution in [2.24, 2.45) is 5.92 Å². The number of benzene rings is 1. The molecule has 1 aliphatic carbocycles. The Morgan fingerprint density at radius 3 is 2.67 bits per heavy atom. The van der Waals surface area contributed by atoms with Crippen LogP contribution in [0.4, 0.5) is 5.69 Å². The van der Waals surface area contributed by atoms with Crippen molar-refractivity contribution in [1.82, 2.24) is 4.98 Å². The van der Waals surface area contributed by atoms with E-state index < -0.39 is 5.60 Å². The van der Waals surface area contributed by atoms with Crippen LogP contribution >= 0.6 is 11.3 Å². The number of anilines is 1. The second-order valence-electron chi connectivity index (χ2n) is 11.4. The first-order chi connectivity index (χ1) is 20.4. The highest BCUT2D eigenvalue weighted by molar-refractivity contribution is 7.19. The van der Waals surface area contributed by atoms with Crippen molar-refractivity contribution < 1.29 is 27.9 Å². The van der Waals surface area contributed by atoms with Gasteiger partial charge in [0.05, 0.1) is 35.3 Å². The summed E-state index contributed by atoms with van der Waals surface area (Å²) < 4.78 is 23.7. The van der Waals surface area contributed by atoms with Crippen LogP contribution in [0.5, 0.6) is 0 Å². The number of ketones is 2. The third-order valence-corrected chi connectivity index (χ3v) is 10.0. The maximum atomic E-state index is 13.5. The number of oxazole rings is 1. The van der Waals surface area contributed by atoms with Gasteiger partial charge in [0.2, 0.25) is 0 Å². The van der Waals surface area contributed by atoms with Gasteiger partial charge < -0.3 is 23.2 Å². The Morgan fingerprint density at radius 1 is 1.17 bits per heavy atom. The number of fused-ring (bicyclic) bond motifs is 6. The third-order valence-electron chi connectivity index (χ3n) is 8.81. The topological polar surface area (TPSA) is 95.0 Å². The summed E-state index contributed by atoms with van der Waals surface area (Å²) in [5.74, 6) is 0.798. The molecule has 0 bridgehead atoms. The molecular weight excluding hydrogens is 552 g/mol. The molecule has 1 fully saturated rings. The number of carbonyl (C=O) groups excluding carboxylic acids is 2. The highest BCUT2D eigenvalue weighted by Gasteiger charge is 2.57. The molecule has 4 aliphatic rings. The Morgan fingerprint density at radius 2 is 1.98 bits per heavy atom. The van der Waals surface area contributed by atoms with E-state index in [1.54, 1.807) is 42.1 Å². The van der Waals surface area contributed by atoms with E-state index in [1.165, 1.54) is 0 Å². The summed E-state index contributed by atoms with van der Waals surface area (Å²) in [5.41, 5.74) is 4.75. The van der Waals surface area contributed by atoms with Crippen LogP contribution in [0.15, 0.2) is 69.0 Å². The molecule has 2 unspecified atom stereocenters. The van der Waals surface area contributed by atoms with E-state index >= 15 is 0 Å². The fraction of sp³-hybridized carbons (Fsp3) is 0.303. The minimum absolute atomic E-state index is 0.123. The summed E-state index contributed by atoms with van der Waals surface area (Å²) in [7, 11) is 0. The fourth-order valence-corrected chi connectivity index (χ4v) is 7.96. The summed E-state index contributed by atoms with van der Waals surface area (Å²) in [4.78, 5) is 36.0. The van der Waals surface area contributed by atoms with E-state index in [-0.39, 0.29) is 23.2 Å². The van der Waals surface area contributed by atoms with Crippen LogP contribution in [0.1, 0.15) is 70.3 Å².